The van der Waals surface area contributed by atoms with E-state index in [0.717, 1.165) is 5.56 Å². The maximum atomic E-state index is 12.2. The Morgan fingerprint density at radius 3 is 2.43 bits per heavy atom. The summed E-state index contributed by atoms with van der Waals surface area (Å²) in [5.41, 5.74) is 6.92. The molecule has 2 aromatic carbocycles. The monoisotopic (exact) mass is 412 g/mol. The Morgan fingerprint density at radius 1 is 1.13 bits per heavy atom. The molecule has 0 aromatic heterocycles. The molecule has 0 fully saturated rings. The highest BCUT2D eigenvalue weighted by Crippen LogP contribution is 2.28. The first-order valence-electron chi connectivity index (χ1n) is 9.15. The van der Waals surface area contributed by atoms with Gasteiger partial charge in [0, 0.05) is 11.3 Å². The zero-order valence-corrected chi connectivity index (χ0v) is 16.8. The second-order valence-electron chi connectivity index (χ2n) is 6.33. The van der Waals surface area contributed by atoms with E-state index in [9.17, 15) is 14.4 Å². The number of anilines is 1. The first kappa shape index (κ1) is 22.5. The average molecular weight is 412 g/mol. The molecule has 0 heterocycles. The van der Waals surface area contributed by atoms with Crippen molar-refractivity contribution in [3.8, 4) is 11.5 Å². The second kappa shape index (κ2) is 10.7. The van der Waals surface area contributed by atoms with E-state index in [1.54, 1.807) is 18.2 Å². The van der Waals surface area contributed by atoms with Crippen molar-refractivity contribution in [3.63, 3.8) is 0 Å². The lowest BCUT2D eigenvalue weighted by Crippen LogP contribution is -2.31. The predicted molar refractivity (Wildman–Crippen MR) is 112 cm³/mol. The van der Waals surface area contributed by atoms with Crippen molar-refractivity contribution >= 4 is 23.5 Å². The molecule has 0 unspecified atom stereocenters. The van der Waals surface area contributed by atoms with E-state index in [4.69, 9.17) is 19.9 Å². The lowest BCUT2D eigenvalue weighted by atomic mass is 10.1. The molecule has 2 aromatic rings. The molecule has 158 valence electrons. The van der Waals surface area contributed by atoms with Crippen LogP contribution in [0.15, 0.2) is 55.1 Å². The molecule has 8 nitrogen and oxygen atoms in total. The highest BCUT2D eigenvalue weighted by molar-refractivity contribution is 5.96. The SMILES string of the molecule is C=CCc1ccc(OCC(=O)O[C@@H](C)C(=O)Nc2ccc(C(N)=O)cc2)c(OC)c1. The van der Waals surface area contributed by atoms with Crippen molar-refractivity contribution in [3.05, 3.63) is 66.2 Å². The van der Waals surface area contributed by atoms with Gasteiger partial charge in [0.1, 0.15) is 0 Å². The van der Waals surface area contributed by atoms with E-state index < -0.39 is 23.9 Å². The number of carbonyl (C=O) groups excluding carboxylic acids is 3. The molecule has 8 heteroatoms. The van der Waals surface area contributed by atoms with Gasteiger partial charge in [-0.1, -0.05) is 12.1 Å². The molecular weight excluding hydrogens is 388 g/mol. The van der Waals surface area contributed by atoms with Crippen LogP contribution in [0.25, 0.3) is 0 Å². The summed E-state index contributed by atoms with van der Waals surface area (Å²) in [6.07, 6.45) is 1.40. The predicted octanol–water partition coefficient (Wildman–Crippen LogP) is 2.47. The fraction of sp³-hybridized carbons (Fsp3) is 0.227. The third-order valence-corrected chi connectivity index (χ3v) is 4.07. The van der Waals surface area contributed by atoms with Gasteiger partial charge in [-0.25, -0.2) is 4.79 Å². The second-order valence-corrected chi connectivity index (χ2v) is 6.33. The number of nitrogens with one attached hydrogen (secondary N) is 1. The quantitative estimate of drug-likeness (QED) is 0.457. The van der Waals surface area contributed by atoms with Crippen molar-refractivity contribution in [2.45, 2.75) is 19.4 Å². The van der Waals surface area contributed by atoms with Crippen LogP contribution < -0.4 is 20.5 Å². The van der Waals surface area contributed by atoms with Gasteiger partial charge in [-0.3, -0.25) is 9.59 Å². The normalized spacial score (nSPS) is 11.1. The Labute approximate surface area is 174 Å². The van der Waals surface area contributed by atoms with Crippen LogP contribution in [0.4, 0.5) is 5.69 Å². The smallest absolute Gasteiger partial charge is 0.344 e. The Balaban J connectivity index is 1.87. The van der Waals surface area contributed by atoms with Crippen molar-refractivity contribution in [1.29, 1.82) is 0 Å². The highest BCUT2D eigenvalue weighted by Gasteiger charge is 2.19. The summed E-state index contributed by atoms with van der Waals surface area (Å²) in [7, 11) is 1.50. The number of hydrogen-bond donors (Lipinski definition) is 2. The maximum Gasteiger partial charge on any atom is 0.344 e. The lowest BCUT2D eigenvalue weighted by Gasteiger charge is -2.15. The van der Waals surface area contributed by atoms with Gasteiger partial charge in [0.15, 0.2) is 24.2 Å². The lowest BCUT2D eigenvalue weighted by molar-refractivity contribution is -0.155. The number of nitrogens with two attached hydrogens (primary N) is 1. The van der Waals surface area contributed by atoms with Crippen LogP contribution in [0.2, 0.25) is 0 Å². The molecule has 3 N–H and O–H groups in total. The Morgan fingerprint density at radius 2 is 1.83 bits per heavy atom. The molecule has 0 radical (unpaired) electrons. The number of hydrogen-bond acceptors (Lipinski definition) is 6. The summed E-state index contributed by atoms with van der Waals surface area (Å²) < 4.78 is 15.8. The number of rotatable bonds is 10. The van der Waals surface area contributed by atoms with Gasteiger partial charge in [0.25, 0.3) is 5.91 Å². The number of allylic oxidation sites excluding steroid dienone is 1. The Kier molecular flexibility index (Phi) is 7.99. The maximum absolute atomic E-state index is 12.2. The van der Waals surface area contributed by atoms with Crippen molar-refractivity contribution in [2.75, 3.05) is 19.0 Å². The van der Waals surface area contributed by atoms with Gasteiger partial charge >= 0.3 is 5.97 Å². The van der Waals surface area contributed by atoms with E-state index >= 15 is 0 Å². The fourth-order valence-electron chi connectivity index (χ4n) is 2.51. The van der Waals surface area contributed by atoms with Crippen LogP contribution in [0.3, 0.4) is 0 Å². The summed E-state index contributed by atoms with van der Waals surface area (Å²) >= 11 is 0. The number of ether oxygens (including phenoxy) is 3. The number of carbonyl (C=O) groups is 3. The molecule has 0 aliphatic rings. The van der Waals surface area contributed by atoms with Gasteiger partial charge in [0.2, 0.25) is 5.91 Å². The van der Waals surface area contributed by atoms with Crippen LogP contribution in [-0.2, 0) is 20.7 Å². The Bertz CT molecular complexity index is 924. The number of primary amides is 1. The molecular formula is C22H24N2O6. The molecule has 0 aliphatic heterocycles. The van der Waals surface area contributed by atoms with Crippen molar-refractivity contribution in [1.82, 2.24) is 0 Å². The van der Waals surface area contributed by atoms with Crippen LogP contribution in [0.1, 0.15) is 22.8 Å². The van der Waals surface area contributed by atoms with Crippen LogP contribution in [0, 0.1) is 0 Å². The summed E-state index contributed by atoms with van der Waals surface area (Å²) in [6, 6.07) is 11.3. The zero-order valence-electron chi connectivity index (χ0n) is 16.8. The molecule has 2 rings (SSSR count). The molecule has 0 aliphatic carbocycles. The molecule has 30 heavy (non-hydrogen) atoms. The van der Waals surface area contributed by atoms with Crippen LogP contribution in [0.5, 0.6) is 11.5 Å². The van der Waals surface area contributed by atoms with E-state index in [-0.39, 0.29) is 6.61 Å². The van der Waals surface area contributed by atoms with Gasteiger partial charge in [-0.15, -0.1) is 6.58 Å². The van der Waals surface area contributed by atoms with E-state index in [1.807, 2.05) is 6.07 Å². The minimum atomic E-state index is -1.05. The number of esters is 1. The number of benzene rings is 2. The van der Waals surface area contributed by atoms with E-state index in [1.165, 1.54) is 38.3 Å². The largest absolute Gasteiger partial charge is 0.493 e. The molecule has 0 spiro atoms. The van der Waals surface area contributed by atoms with Gasteiger partial charge in [0.05, 0.1) is 7.11 Å². The Hall–Kier alpha value is -3.81. The van der Waals surface area contributed by atoms with Gasteiger partial charge in [-0.2, -0.15) is 0 Å². The average Bonchev–Trinajstić information content (AvgIpc) is 2.73. The topological polar surface area (TPSA) is 117 Å². The molecule has 1 atom stereocenters. The summed E-state index contributed by atoms with van der Waals surface area (Å²) in [6.45, 7) is 4.74. The summed E-state index contributed by atoms with van der Waals surface area (Å²) in [5.74, 6) is -0.941. The van der Waals surface area contributed by atoms with Crippen LogP contribution >= 0.6 is 0 Å². The third kappa shape index (κ3) is 6.37. The van der Waals surface area contributed by atoms with Gasteiger partial charge in [-0.05, 0) is 55.3 Å². The van der Waals surface area contributed by atoms with Crippen molar-refractivity contribution in [2.24, 2.45) is 5.73 Å². The molecule has 0 saturated carbocycles. The number of amides is 2. The van der Waals surface area contributed by atoms with Gasteiger partial charge < -0.3 is 25.3 Å². The van der Waals surface area contributed by atoms with E-state index in [2.05, 4.69) is 11.9 Å². The van der Waals surface area contributed by atoms with Crippen LogP contribution in [-0.4, -0.2) is 37.6 Å². The van der Waals surface area contributed by atoms with E-state index in [0.29, 0.717) is 29.2 Å². The molecule has 0 saturated heterocycles. The third-order valence-electron chi connectivity index (χ3n) is 4.07. The fourth-order valence-corrected chi connectivity index (χ4v) is 2.51. The molecule has 0 bridgehead atoms. The standard InChI is InChI=1S/C22H24N2O6/c1-4-5-15-6-11-18(19(12-15)28-3)29-13-20(25)30-14(2)22(27)24-17-9-7-16(8-10-17)21(23)26/h4,6-12,14H,1,5,13H2,2-3H3,(H2,23,26)(H,24,27)/t14-/m0/s1. The minimum Gasteiger partial charge on any atom is -0.493 e. The minimum absolute atomic E-state index is 0.317. The molecule has 2 amide bonds. The first-order chi connectivity index (χ1) is 14.3. The zero-order chi connectivity index (χ0) is 22.1. The number of methoxy groups -OCH3 is 1. The summed E-state index contributed by atoms with van der Waals surface area (Å²) in [4.78, 5) is 35.3. The first-order valence-corrected chi connectivity index (χ1v) is 9.15. The summed E-state index contributed by atoms with van der Waals surface area (Å²) in [5, 5.41) is 2.59. The van der Waals surface area contributed by atoms with Crippen molar-refractivity contribution < 1.29 is 28.6 Å². The highest BCUT2D eigenvalue weighted by atomic mass is 16.6.